The van der Waals surface area contributed by atoms with E-state index in [2.05, 4.69) is 53.2 Å². The van der Waals surface area contributed by atoms with Gasteiger partial charge in [-0.1, -0.05) is 99.3 Å². The molecule has 2 aromatic rings. The molecule has 4 rings (SSSR count). The summed E-state index contributed by atoms with van der Waals surface area (Å²) in [5, 5.41) is 48.6. The molecule has 1 spiro atoms. The molecular weight excluding hydrogens is 1190 g/mol. The van der Waals surface area contributed by atoms with Gasteiger partial charge in [0.05, 0.1) is 19.3 Å². The van der Waals surface area contributed by atoms with E-state index in [0.29, 0.717) is 12.8 Å². The largest absolute Gasteiger partial charge is 0.458 e. The van der Waals surface area contributed by atoms with Gasteiger partial charge in [-0.3, -0.25) is 52.7 Å². The van der Waals surface area contributed by atoms with Crippen LogP contribution < -0.4 is 64.6 Å². The third-order valence-electron chi connectivity index (χ3n) is 16.8. The number of nitrogens with one attached hydrogen (secondary N) is 10. The van der Waals surface area contributed by atoms with Crippen molar-refractivity contribution in [1.82, 2.24) is 53.2 Å². The van der Waals surface area contributed by atoms with E-state index in [1.165, 1.54) is 25.2 Å². The number of primary amides is 1. The van der Waals surface area contributed by atoms with Crippen molar-refractivity contribution in [2.45, 2.75) is 206 Å². The zero-order chi connectivity index (χ0) is 66.8. The van der Waals surface area contributed by atoms with Gasteiger partial charge >= 0.3 is 5.97 Å². The molecule has 0 radical (unpaired) electrons. The van der Waals surface area contributed by atoms with Crippen LogP contribution in [0.3, 0.4) is 0 Å². The van der Waals surface area contributed by atoms with Gasteiger partial charge < -0.3 is 79.6 Å². The fourth-order valence-electron chi connectivity index (χ4n) is 10.1. The van der Waals surface area contributed by atoms with E-state index < -0.39 is 212 Å². The summed E-state index contributed by atoms with van der Waals surface area (Å²) in [6.07, 6.45) is -4.91. The Balaban J connectivity index is 1.51. The van der Waals surface area contributed by atoms with Gasteiger partial charge in [-0.15, -0.1) is 11.3 Å². The monoisotopic (exact) mass is 1280 g/mol. The molecule has 30 heteroatoms. The second-order valence-electron chi connectivity index (χ2n) is 23.4. The van der Waals surface area contributed by atoms with Crippen LogP contribution in [-0.4, -0.2) is 173 Å². The number of carbonyl (C=O) groups excluding carboxylic acids is 12. The third kappa shape index (κ3) is 20.0. The van der Waals surface area contributed by atoms with Crippen LogP contribution >= 0.6 is 11.3 Å². The third-order valence-corrected chi connectivity index (χ3v) is 17.8. The van der Waals surface area contributed by atoms with Crippen LogP contribution in [0.25, 0.3) is 10.1 Å². The molecule has 1 aliphatic carbocycles. The van der Waals surface area contributed by atoms with Crippen LogP contribution in [0.15, 0.2) is 29.6 Å². The normalized spacial score (nSPS) is 23.3. The van der Waals surface area contributed by atoms with Gasteiger partial charge in [0.25, 0.3) is 0 Å². The van der Waals surface area contributed by atoms with E-state index in [0.717, 1.165) is 15.6 Å². The molecule has 16 N–H and O–H groups in total. The van der Waals surface area contributed by atoms with Crippen molar-refractivity contribution in [2.24, 2.45) is 41.1 Å². The minimum Gasteiger partial charge on any atom is -0.458 e. The number of benzene rings is 1. The molecule has 17 atom stereocenters. The van der Waals surface area contributed by atoms with Crippen LogP contribution in [0.4, 0.5) is 8.78 Å². The maximum Gasteiger partial charge on any atom is 0.329 e. The van der Waals surface area contributed by atoms with Crippen LogP contribution in [0.1, 0.15) is 126 Å². The highest BCUT2D eigenvalue weighted by atomic mass is 32.1. The van der Waals surface area contributed by atoms with Crippen LogP contribution in [0.2, 0.25) is 0 Å². The highest BCUT2D eigenvalue weighted by Gasteiger charge is 2.62. The fourth-order valence-corrected chi connectivity index (χ4v) is 11.0. The Morgan fingerprint density at radius 2 is 1.20 bits per heavy atom. The van der Waals surface area contributed by atoms with Gasteiger partial charge in [-0.05, 0) is 85.1 Å². The molecule has 1 aromatic heterocycles. The lowest BCUT2D eigenvalue weighted by Gasteiger charge is -2.31. The van der Waals surface area contributed by atoms with Crippen molar-refractivity contribution in [3.05, 3.63) is 35.2 Å². The van der Waals surface area contributed by atoms with E-state index in [-0.39, 0.29) is 25.7 Å². The summed E-state index contributed by atoms with van der Waals surface area (Å²) in [5.74, 6) is -15.3. The maximum atomic E-state index is 14.4. The number of aliphatic hydroxyl groups is 2. The number of thiophene rings is 1. The maximum absolute atomic E-state index is 14.4. The zero-order valence-corrected chi connectivity index (χ0v) is 52.8. The average Bonchev–Trinajstić information content (AvgIpc) is 1.65. The van der Waals surface area contributed by atoms with Gasteiger partial charge in [-0.2, -0.15) is 0 Å². The molecular formula is C59H90F2N12O15S. The number of hydrogen-bond acceptors (Lipinski definition) is 17. The zero-order valence-electron chi connectivity index (χ0n) is 52.0. The number of aliphatic hydroxyl groups excluding tert-OH is 2. The fraction of sp³-hybridized carbons (Fsp3) is 0.661. The Morgan fingerprint density at radius 1 is 0.697 bits per heavy atom. The summed E-state index contributed by atoms with van der Waals surface area (Å²) >= 11 is 1.49. The Morgan fingerprint density at radius 3 is 1.73 bits per heavy atom. The van der Waals surface area contributed by atoms with Gasteiger partial charge in [0.1, 0.15) is 66.0 Å². The first-order valence-corrected chi connectivity index (χ1v) is 31.0. The summed E-state index contributed by atoms with van der Waals surface area (Å²) < 4.78 is 33.8. The second-order valence-corrected chi connectivity index (χ2v) is 24.3. The van der Waals surface area contributed by atoms with Gasteiger partial charge in [0.2, 0.25) is 71.4 Å². The van der Waals surface area contributed by atoms with E-state index in [1.54, 1.807) is 55.4 Å². The highest BCUT2D eigenvalue weighted by Crippen LogP contribution is 2.48. The van der Waals surface area contributed by atoms with Crippen LogP contribution in [0, 0.1) is 29.6 Å². The number of ether oxygens (including phenoxy) is 1. The summed E-state index contributed by atoms with van der Waals surface area (Å²) in [4.78, 5) is 165. The van der Waals surface area contributed by atoms with Crippen molar-refractivity contribution in [3.63, 3.8) is 0 Å². The topological polar surface area (TPSA) is 427 Å². The molecule has 0 bridgehead atoms. The first kappa shape index (κ1) is 74.0. The van der Waals surface area contributed by atoms with E-state index in [1.807, 2.05) is 29.6 Å². The average molecular weight is 1280 g/mol. The highest BCUT2D eigenvalue weighted by molar-refractivity contribution is 7.17. The van der Waals surface area contributed by atoms with Crippen molar-refractivity contribution in [3.8, 4) is 0 Å². The molecule has 2 unspecified atom stereocenters. The number of rotatable bonds is 31. The molecule has 1 saturated heterocycles. The lowest BCUT2D eigenvalue weighted by atomic mass is 9.94. The van der Waals surface area contributed by atoms with Gasteiger partial charge in [0.15, 0.2) is 0 Å². The lowest BCUT2D eigenvalue weighted by Crippen LogP contribution is -2.63. The second kappa shape index (κ2) is 33.9. The number of alkyl halides is 2. The number of halogens is 2. The number of esters is 1. The summed E-state index contributed by atoms with van der Waals surface area (Å²) in [6.45, 7) is 13.6. The minimum absolute atomic E-state index is 0.157. The SMILES string of the molecule is CC[C@H](C)[C@H](NC(=O)[C@H](N)Cc1csc2ccccc12)C(=O)N[C@@H](CO)C(=O)N[C@H](CCC(N)=O)C(=O)N[C@@H](C(=O)N[C@H](C(=O)N[C@@H](CO)C(=O)N[C@H]1C(=O)N[C@@H](C)C(=O)NC2(CC2CC(F)F)C(=O)N[C@@H]([C@@H](C)CC)C(=O)O[C@H]1C)[C@@H](C)CC)[C@@H](C)CC. The molecule has 496 valence electrons. The van der Waals surface area contributed by atoms with Crippen molar-refractivity contribution in [2.75, 3.05) is 13.2 Å². The van der Waals surface area contributed by atoms with Crippen molar-refractivity contribution >= 4 is 92.4 Å². The predicted octanol–water partition coefficient (Wildman–Crippen LogP) is -0.936. The van der Waals surface area contributed by atoms with Gasteiger partial charge in [-0.25, -0.2) is 13.6 Å². The number of carbonyl (C=O) groups is 12. The molecule has 89 heavy (non-hydrogen) atoms. The summed E-state index contributed by atoms with van der Waals surface area (Å²) in [6, 6.07) is -7.59. The quantitative estimate of drug-likeness (QED) is 0.0405. The molecule has 27 nitrogen and oxygen atoms in total. The smallest absolute Gasteiger partial charge is 0.329 e. The first-order valence-electron chi connectivity index (χ1n) is 30.2. The molecule has 1 saturated carbocycles. The number of amides is 11. The number of hydrogen-bond donors (Lipinski definition) is 14. The van der Waals surface area contributed by atoms with Crippen LogP contribution in [0.5, 0.6) is 0 Å². The molecule has 1 aliphatic heterocycles. The number of cyclic esters (lactones) is 1. The lowest BCUT2D eigenvalue weighted by molar-refractivity contribution is -0.157. The van der Waals surface area contributed by atoms with E-state index in [4.69, 9.17) is 16.2 Å². The molecule has 1 aromatic carbocycles. The van der Waals surface area contributed by atoms with Crippen molar-refractivity contribution in [1.29, 1.82) is 0 Å². The van der Waals surface area contributed by atoms with Crippen LogP contribution in [-0.2, 0) is 68.7 Å². The van der Waals surface area contributed by atoms with E-state index in [9.17, 15) is 76.5 Å². The standard InChI is InChI=1S/C59H90F2N12O15S/c1-11-27(5)43(68-49(78)36(62)21-33-26-89-40-18-16-15-17-35(33)40)53(82)66-38(24-74)51(80)65-37(19-20-42(63)76)50(79)69-45(29(7)13-3)55(84)70-44(28(6)12-2)54(83)67-39(25-75)52(81)71-47-32(10)88-57(86)46(30(8)14-4)72-58(87)59(23-34(59)22-41(60)61)73-48(77)31(9)64-56(47)85/h15-18,26-32,34,36-39,41,43-47,74-75H,11-14,19-25,62H2,1-10H3,(H2,63,76)(H,64,85)(H,65,80)(H,66,82)(H,67,83)(H,68,78)(H,69,79)(H,70,84)(H,71,81)(H,72,87)(H,73,77)/t27-,28-,29-,30-,31-,32-,34?,36+,37+,38-,39-,43-,44-,45+,46-,47+,59?/m0/s1. The molecule has 2 fully saturated rings. The Kier molecular flexibility index (Phi) is 28.2. The van der Waals surface area contributed by atoms with Gasteiger partial charge in [0, 0.05) is 17.5 Å². The molecule has 11 amide bonds. The Bertz CT molecular complexity index is 2870. The summed E-state index contributed by atoms with van der Waals surface area (Å²) in [7, 11) is 0. The summed E-state index contributed by atoms with van der Waals surface area (Å²) in [5.41, 5.74) is 10.8. The molecule has 2 heterocycles. The minimum atomic E-state index is -2.83. The predicted molar refractivity (Wildman–Crippen MR) is 322 cm³/mol. The number of fused-ring (bicyclic) bond motifs is 1. The number of nitrogens with two attached hydrogens (primary N) is 2. The van der Waals surface area contributed by atoms with E-state index >= 15 is 0 Å². The first-order chi connectivity index (χ1) is 41.9. The Labute approximate surface area is 520 Å². The van der Waals surface area contributed by atoms with Crippen molar-refractivity contribution < 1.29 is 81.3 Å². The Hall–Kier alpha value is -7.44. The molecule has 2 aliphatic rings.